The van der Waals surface area contributed by atoms with Gasteiger partial charge >= 0.3 is 0 Å². The maximum Gasteiger partial charge on any atom is 0.230 e. The maximum atomic E-state index is 12.4. The van der Waals surface area contributed by atoms with Crippen LogP contribution >= 0.6 is 11.3 Å². The molecule has 0 aliphatic carbocycles. The van der Waals surface area contributed by atoms with E-state index < -0.39 is 0 Å². The van der Waals surface area contributed by atoms with Crippen molar-refractivity contribution in [2.75, 3.05) is 5.32 Å². The molecule has 0 radical (unpaired) electrons. The molecule has 3 nitrogen and oxygen atoms in total. The van der Waals surface area contributed by atoms with Crippen molar-refractivity contribution in [1.29, 1.82) is 0 Å². The minimum absolute atomic E-state index is 0.0104. The first-order chi connectivity index (χ1) is 10.5. The number of aromatic nitrogens is 1. The Hall–Kier alpha value is -1.68. The number of carbonyl (C=O) groups excluding carboxylic acids is 1. The van der Waals surface area contributed by atoms with E-state index in [9.17, 15) is 4.79 Å². The van der Waals surface area contributed by atoms with Crippen molar-refractivity contribution >= 4 is 22.9 Å². The van der Waals surface area contributed by atoms with Gasteiger partial charge < -0.3 is 5.32 Å². The second kappa shape index (κ2) is 7.54. The molecule has 4 heteroatoms. The summed E-state index contributed by atoms with van der Waals surface area (Å²) in [5.41, 5.74) is 4.22. The Morgan fingerprint density at radius 1 is 1.23 bits per heavy atom. The summed E-state index contributed by atoms with van der Waals surface area (Å²) in [7, 11) is 0. The van der Waals surface area contributed by atoms with Gasteiger partial charge in [-0.1, -0.05) is 45.9 Å². The van der Waals surface area contributed by atoms with E-state index in [2.05, 4.69) is 56.2 Å². The Balaban J connectivity index is 2.11. The number of thiazole rings is 1. The molecule has 2 aromatic rings. The van der Waals surface area contributed by atoms with Crippen LogP contribution in [0.15, 0.2) is 23.6 Å². The van der Waals surface area contributed by atoms with Gasteiger partial charge in [-0.25, -0.2) is 4.98 Å². The number of nitrogens with zero attached hydrogens (tertiary/aromatic N) is 1. The summed E-state index contributed by atoms with van der Waals surface area (Å²) >= 11 is 1.63. The van der Waals surface area contributed by atoms with E-state index >= 15 is 0 Å². The van der Waals surface area contributed by atoms with Crippen LogP contribution in [0.5, 0.6) is 0 Å². The molecule has 0 aliphatic rings. The molecule has 0 saturated carbocycles. The lowest BCUT2D eigenvalue weighted by atomic mass is 10.0. The van der Waals surface area contributed by atoms with Crippen molar-refractivity contribution in [3.63, 3.8) is 0 Å². The van der Waals surface area contributed by atoms with Gasteiger partial charge in [0.1, 0.15) is 0 Å². The van der Waals surface area contributed by atoms with Crippen molar-refractivity contribution in [3.05, 3.63) is 45.4 Å². The normalized spacial score (nSPS) is 11.0. The Morgan fingerprint density at radius 3 is 2.36 bits per heavy atom. The highest BCUT2D eigenvalue weighted by Gasteiger charge is 2.13. The molecular weight excluding hydrogens is 292 g/mol. The number of anilines is 1. The minimum Gasteiger partial charge on any atom is -0.325 e. The molecule has 0 spiro atoms. The number of para-hydroxylation sites is 1. The number of hydrogen-bond donors (Lipinski definition) is 1. The quantitative estimate of drug-likeness (QED) is 0.848. The zero-order valence-electron chi connectivity index (χ0n) is 13.8. The number of benzene rings is 1. The highest BCUT2D eigenvalue weighted by atomic mass is 32.1. The number of nitrogens with one attached hydrogen (secondary N) is 1. The molecule has 1 aromatic carbocycles. The first-order valence-electron chi connectivity index (χ1n) is 7.90. The molecule has 0 aliphatic heterocycles. The third-order valence-corrected chi connectivity index (χ3v) is 4.86. The molecule has 1 heterocycles. The fourth-order valence-electron chi connectivity index (χ4n) is 2.42. The zero-order valence-corrected chi connectivity index (χ0v) is 14.6. The van der Waals surface area contributed by atoms with Crippen LogP contribution in [0.2, 0.25) is 0 Å². The number of aryl methyl sites for hydroxylation is 2. The van der Waals surface area contributed by atoms with Crippen molar-refractivity contribution in [1.82, 2.24) is 4.98 Å². The van der Waals surface area contributed by atoms with Crippen molar-refractivity contribution in [2.24, 2.45) is 0 Å². The average Bonchev–Trinajstić information content (AvgIpc) is 2.96. The highest BCUT2D eigenvalue weighted by Crippen LogP contribution is 2.23. The van der Waals surface area contributed by atoms with E-state index in [4.69, 9.17) is 0 Å². The van der Waals surface area contributed by atoms with E-state index in [0.29, 0.717) is 12.3 Å². The van der Waals surface area contributed by atoms with Gasteiger partial charge in [0.2, 0.25) is 5.91 Å². The standard InChI is InChI=1S/C18H24N2OS/c1-5-13-8-7-9-14(6-2)17(13)20-16(21)10-15-11-22-18(19-15)12(3)4/h7-9,11-12H,5-6,10H2,1-4H3,(H,20,21). The third-order valence-electron chi connectivity index (χ3n) is 3.67. The Morgan fingerprint density at radius 2 is 1.86 bits per heavy atom. The molecule has 0 atom stereocenters. The van der Waals surface area contributed by atoms with Crippen LogP contribution in [0.25, 0.3) is 0 Å². The second-order valence-electron chi connectivity index (χ2n) is 5.72. The zero-order chi connectivity index (χ0) is 16.1. The SMILES string of the molecule is CCc1cccc(CC)c1NC(=O)Cc1csc(C(C)C)n1. The van der Waals surface area contributed by atoms with Crippen LogP contribution in [0.4, 0.5) is 5.69 Å². The summed E-state index contributed by atoms with van der Waals surface area (Å²) in [6.45, 7) is 8.46. The van der Waals surface area contributed by atoms with Crippen molar-refractivity contribution in [2.45, 2.75) is 52.9 Å². The lowest BCUT2D eigenvalue weighted by Crippen LogP contribution is -2.17. The van der Waals surface area contributed by atoms with E-state index in [-0.39, 0.29) is 5.91 Å². The molecule has 1 N–H and O–H groups in total. The number of hydrogen-bond acceptors (Lipinski definition) is 3. The largest absolute Gasteiger partial charge is 0.325 e. The Labute approximate surface area is 136 Å². The molecule has 2 rings (SSSR count). The Kier molecular flexibility index (Phi) is 5.72. The molecule has 1 aromatic heterocycles. The molecular formula is C18H24N2OS. The summed E-state index contributed by atoms with van der Waals surface area (Å²) in [6.07, 6.45) is 2.17. The van der Waals surface area contributed by atoms with Crippen LogP contribution in [0.3, 0.4) is 0 Å². The van der Waals surface area contributed by atoms with E-state index in [1.54, 1.807) is 11.3 Å². The average molecular weight is 316 g/mol. The van der Waals surface area contributed by atoms with Crippen LogP contribution in [-0.2, 0) is 24.1 Å². The second-order valence-corrected chi connectivity index (χ2v) is 6.60. The molecule has 22 heavy (non-hydrogen) atoms. The van der Waals surface area contributed by atoms with E-state index in [1.807, 2.05) is 5.38 Å². The number of carbonyl (C=O) groups is 1. The fraction of sp³-hybridized carbons (Fsp3) is 0.444. The van der Waals surface area contributed by atoms with Gasteiger partial charge in [0.05, 0.1) is 17.1 Å². The first kappa shape index (κ1) is 16.7. The van der Waals surface area contributed by atoms with Gasteiger partial charge in [-0.3, -0.25) is 4.79 Å². The maximum absolute atomic E-state index is 12.4. The molecule has 1 amide bonds. The highest BCUT2D eigenvalue weighted by molar-refractivity contribution is 7.09. The number of amides is 1. The predicted molar refractivity (Wildman–Crippen MR) is 93.7 cm³/mol. The lowest BCUT2D eigenvalue weighted by molar-refractivity contribution is -0.115. The van der Waals surface area contributed by atoms with Gasteiger partial charge in [-0.2, -0.15) is 0 Å². The smallest absolute Gasteiger partial charge is 0.230 e. The number of rotatable bonds is 6. The molecule has 118 valence electrons. The predicted octanol–water partition coefficient (Wildman–Crippen LogP) is 4.57. The lowest BCUT2D eigenvalue weighted by Gasteiger charge is -2.14. The van der Waals surface area contributed by atoms with Gasteiger partial charge in [-0.15, -0.1) is 11.3 Å². The third kappa shape index (κ3) is 3.95. The molecule has 0 fully saturated rings. The summed E-state index contributed by atoms with van der Waals surface area (Å²) in [6, 6.07) is 6.21. The van der Waals surface area contributed by atoms with Crippen molar-refractivity contribution in [3.8, 4) is 0 Å². The molecule has 0 unspecified atom stereocenters. The van der Waals surface area contributed by atoms with Crippen LogP contribution in [0.1, 0.15) is 55.4 Å². The summed E-state index contributed by atoms with van der Waals surface area (Å²) < 4.78 is 0. The topological polar surface area (TPSA) is 42.0 Å². The molecule has 0 saturated heterocycles. The Bertz CT molecular complexity index is 624. The fourth-order valence-corrected chi connectivity index (χ4v) is 3.26. The summed E-state index contributed by atoms with van der Waals surface area (Å²) in [4.78, 5) is 16.9. The van der Waals surface area contributed by atoms with E-state index in [1.165, 1.54) is 11.1 Å². The molecule has 0 bridgehead atoms. The van der Waals surface area contributed by atoms with Gasteiger partial charge in [-0.05, 0) is 24.0 Å². The van der Waals surface area contributed by atoms with E-state index in [0.717, 1.165) is 29.2 Å². The summed E-state index contributed by atoms with van der Waals surface area (Å²) in [5.74, 6) is 0.422. The van der Waals surface area contributed by atoms with Gasteiger partial charge in [0.15, 0.2) is 0 Å². The van der Waals surface area contributed by atoms with Crippen molar-refractivity contribution < 1.29 is 4.79 Å². The summed E-state index contributed by atoms with van der Waals surface area (Å²) in [5, 5.41) is 6.17. The van der Waals surface area contributed by atoms with Crippen LogP contribution in [-0.4, -0.2) is 10.9 Å². The minimum atomic E-state index is 0.0104. The van der Waals surface area contributed by atoms with Gasteiger partial charge in [0.25, 0.3) is 0 Å². The van der Waals surface area contributed by atoms with Gasteiger partial charge in [0, 0.05) is 17.0 Å². The first-order valence-corrected chi connectivity index (χ1v) is 8.78. The van der Waals surface area contributed by atoms with Crippen LogP contribution < -0.4 is 5.32 Å². The monoisotopic (exact) mass is 316 g/mol. The van der Waals surface area contributed by atoms with Crippen LogP contribution in [0, 0.1) is 0 Å².